The molecule has 5 atom stereocenters. The van der Waals surface area contributed by atoms with Crippen molar-refractivity contribution in [3.05, 3.63) is 128 Å². The summed E-state index contributed by atoms with van der Waals surface area (Å²) in [4.78, 5) is 18.7. The zero-order valence-electron chi connectivity index (χ0n) is 34.0. The average Bonchev–Trinajstić information content (AvgIpc) is 3.84. The van der Waals surface area contributed by atoms with Crippen LogP contribution in [0, 0.1) is 32.1 Å². The lowest BCUT2D eigenvalue weighted by atomic mass is 9.71. The van der Waals surface area contributed by atoms with Crippen molar-refractivity contribution in [3.8, 4) is 40.2 Å². The van der Waals surface area contributed by atoms with E-state index in [4.69, 9.17) is 23.7 Å². The van der Waals surface area contributed by atoms with Gasteiger partial charge in [-0.1, -0.05) is 67.3 Å². The van der Waals surface area contributed by atoms with E-state index in [1.54, 1.807) is 24.9 Å². The van der Waals surface area contributed by atoms with Crippen molar-refractivity contribution in [2.45, 2.75) is 76.7 Å². The Morgan fingerprint density at radius 1 is 0.983 bits per heavy atom. The predicted octanol–water partition coefficient (Wildman–Crippen LogP) is 8.68. The molecule has 0 spiro atoms. The Labute approximate surface area is 345 Å². The summed E-state index contributed by atoms with van der Waals surface area (Å²) < 4.78 is 31.1. The fourth-order valence-electron chi connectivity index (χ4n) is 10.7. The minimum absolute atomic E-state index is 0.0196. The molecule has 4 aromatic rings. The minimum Gasteiger partial charge on any atom is -0.496 e. The summed E-state index contributed by atoms with van der Waals surface area (Å²) in [7, 11) is 3.87. The number of thioether (sulfide) groups is 1. The number of nitriles is 1. The van der Waals surface area contributed by atoms with Crippen molar-refractivity contribution in [2.75, 3.05) is 39.9 Å². The van der Waals surface area contributed by atoms with Crippen molar-refractivity contribution < 1.29 is 28.5 Å². The number of carbonyl (C=O) groups is 1. The first-order valence-corrected chi connectivity index (χ1v) is 21.1. The molecule has 4 aliphatic heterocycles. The van der Waals surface area contributed by atoms with Crippen molar-refractivity contribution in [3.63, 3.8) is 0 Å². The Kier molecular flexibility index (Phi) is 10.0. The fourth-order valence-corrected chi connectivity index (χ4v) is 11.7. The number of rotatable bonds is 10. The van der Waals surface area contributed by atoms with Gasteiger partial charge in [0.25, 0.3) is 0 Å². The second kappa shape index (κ2) is 15.2. The topological polar surface area (TPSA) is 93.5 Å². The van der Waals surface area contributed by atoms with Crippen LogP contribution in [-0.4, -0.2) is 73.8 Å². The van der Waals surface area contributed by atoms with Crippen LogP contribution < -0.4 is 18.9 Å². The highest BCUT2D eigenvalue weighted by Crippen LogP contribution is 2.58. The van der Waals surface area contributed by atoms with Gasteiger partial charge in [-0.05, 0) is 97.5 Å². The molecule has 4 aromatic carbocycles. The number of hydrogen-bond acceptors (Lipinski definition) is 10. The van der Waals surface area contributed by atoms with Crippen LogP contribution in [0.25, 0.3) is 11.1 Å². The number of likely N-dealkylation sites (N-methyl/N-ethyl adjacent to an activating group) is 1. The zero-order valence-corrected chi connectivity index (χ0v) is 34.8. The lowest BCUT2D eigenvalue weighted by Crippen LogP contribution is -2.68. The van der Waals surface area contributed by atoms with Crippen LogP contribution in [0.1, 0.15) is 75.0 Å². The Morgan fingerprint density at radius 3 is 2.38 bits per heavy atom. The molecule has 0 N–H and O–H groups in total. The lowest BCUT2D eigenvalue weighted by Gasteiger charge is -2.60. The number of piperazine rings is 1. The molecule has 2 bridgehead atoms. The summed E-state index contributed by atoms with van der Waals surface area (Å²) in [5.41, 5.74) is 13.1. The van der Waals surface area contributed by atoms with E-state index in [1.165, 1.54) is 33.4 Å². The van der Waals surface area contributed by atoms with Crippen LogP contribution in [0.5, 0.6) is 23.0 Å². The maximum absolute atomic E-state index is 14.0. The van der Waals surface area contributed by atoms with E-state index in [0.717, 1.165) is 45.1 Å². The third kappa shape index (κ3) is 5.92. The molecule has 0 radical (unpaired) electrons. The molecule has 1 saturated heterocycles. The molecular weight excluding hydrogens is 747 g/mol. The van der Waals surface area contributed by atoms with Gasteiger partial charge in [-0.15, -0.1) is 11.8 Å². The molecular formula is C48H49N3O6S. The normalized spacial score (nSPS) is 22.8. The number of fused-ring (bicyclic) bond motifs is 12. The lowest BCUT2D eigenvalue weighted by molar-refractivity contribution is -0.144. The summed E-state index contributed by atoms with van der Waals surface area (Å²) in [6.07, 6.45) is 3.03. The molecule has 1 unspecified atom stereocenters. The van der Waals surface area contributed by atoms with Crippen LogP contribution in [0.2, 0.25) is 0 Å². The highest BCUT2D eigenvalue weighted by Gasteiger charge is 2.56. The second-order valence-corrected chi connectivity index (χ2v) is 17.0. The summed E-state index contributed by atoms with van der Waals surface area (Å²) >= 11 is 1.63. The molecule has 1 fully saturated rings. The number of aryl methyl sites for hydroxylation is 1. The molecule has 5 aliphatic rings. The molecule has 10 heteroatoms. The van der Waals surface area contributed by atoms with E-state index in [1.807, 2.05) is 19.3 Å². The predicted molar refractivity (Wildman–Crippen MR) is 226 cm³/mol. The number of benzene rings is 4. The fraction of sp³-hybridized carbons (Fsp3) is 0.375. The third-order valence-corrected chi connectivity index (χ3v) is 14.1. The van der Waals surface area contributed by atoms with E-state index < -0.39 is 18.1 Å². The van der Waals surface area contributed by atoms with Crippen LogP contribution in [0.4, 0.5) is 0 Å². The van der Waals surface area contributed by atoms with E-state index in [2.05, 4.69) is 97.9 Å². The molecule has 298 valence electrons. The van der Waals surface area contributed by atoms with E-state index in [0.29, 0.717) is 36.5 Å². The highest BCUT2D eigenvalue weighted by atomic mass is 32.2. The summed E-state index contributed by atoms with van der Waals surface area (Å²) in [5, 5.41) is 13.0. The number of esters is 1. The van der Waals surface area contributed by atoms with Gasteiger partial charge in [0.15, 0.2) is 11.5 Å². The number of hydrogen-bond donors (Lipinski definition) is 0. The molecule has 1 aliphatic carbocycles. The molecule has 9 rings (SSSR count). The van der Waals surface area contributed by atoms with Gasteiger partial charge in [-0.3, -0.25) is 9.80 Å². The maximum Gasteiger partial charge on any atom is 0.334 e. The smallest absolute Gasteiger partial charge is 0.334 e. The quantitative estimate of drug-likeness (QED) is 0.0882. The summed E-state index contributed by atoms with van der Waals surface area (Å²) in [6.45, 7) is 12.4. The maximum atomic E-state index is 14.0. The van der Waals surface area contributed by atoms with Crippen LogP contribution >= 0.6 is 11.8 Å². The highest BCUT2D eigenvalue weighted by molar-refractivity contribution is 8.02. The van der Waals surface area contributed by atoms with Gasteiger partial charge in [0, 0.05) is 46.0 Å². The van der Waals surface area contributed by atoms with E-state index >= 15 is 0 Å². The van der Waals surface area contributed by atoms with Crippen LogP contribution in [0.15, 0.2) is 78.2 Å². The molecule has 0 amide bonds. The molecule has 0 aromatic heterocycles. The monoisotopic (exact) mass is 795 g/mol. The third-order valence-electron chi connectivity index (χ3n) is 13.1. The van der Waals surface area contributed by atoms with Crippen LogP contribution in [0.3, 0.4) is 0 Å². The number of nitrogens with zero attached hydrogens (tertiary/aromatic N) is 3. The first-order valence-electron chi connectivity index (χ1n) is 20.1. The van der Waals surface area contributed by atoms with Gasteiger partial charge in [0.1, 0.15) is 30.8 Å². The Morgan fingerprint density at radius 2 is 1.69 bits per heavy atom. The first-order chi connectivity index (χ1) is 28.2. The zero-order chi connectivity index (χ0) is 40.4. The van der Waals surface area contributed by atoms with Crippen molar-refractivity contribution in [1.82, 2.24) is 9.80 Å². The number of ether oxygens (including phenoxy) is 5. The SMILES string of the molecule is C=CCOc1c(C)c2c(c3c1CC1[C@@H]4c5c(cc(C)c(OC)c5C)C[C@H]([C@H](C#N)N1[C@H]3COC(=O)/C(C)=C/SCC1c3ccccc3-c3ccccc31)N4C)OCO2. The number of carbonyl (C=O) groups excluding carboxylic acids is 1. The number of methoxy groups -OCH3 is 1. The second-order valence-electron chi connectivity index (χ2n) is 16.1. The standard InChI is InChI=1S/C48H49N3O6S/c1-8-17-54-45-29(5)46-47(57-25-56-46)42-35(45)20-38-43-41-28(4)44(53-7)26(2)18-30(41)19-37(50(43)6)39(21-49)51(38)40(42)22-55-48(52)27(3)23-58-24-36-33-15-11-9-13-31(33)32-14-10-12-16-34(32)36/h8-16,18,23,36-40,43H,1,17,19-20,22,24-25H2,2-7H3/b27-23+/t37-,38?,39+,40+,43-/m1/s1. The van der Waals surface area contributed by atoms with Gasteiger partial charge in [-0.2, -0.15) is 5.26 Å². The van der Waals surface area contributed by atoms with Gasteiger partial charge in [0.2, 0.25) is 6.79 Å². The Balaban J connectivity index is 1.07. The van der Waals surface area contributed by atoms with Crippen LogP contribution in [-0.2, 0) is 22.4 Å². The van der Waals surface area contributed by atoms with Crippen molar-refractivity contribution in [1.29, 1.82) is 5.26 Å². The summed E-state index contributed by atoms with van der Waals surface area (Å²) in [6, 6.07) is 20.8. The Bertz CT molecular complexity index is 2370. The molecule has 4 heterocycles. The van der Waals surface area contributed by atoms with Gasteiger partial charge < -0.3 is 23.7 Å². The molecule has 0 saturated carbocycles. The largest absolute Gasteiger partial charge is 0.496 e. The van der Waals surface area contributed by atoms with Gasteiger partial charge >= 0.3 is 5.97 Å². The van der Waals surface area contributed by atoms with E-state index in [9.17, 15) is 10.1 Å². The van der Waals surface area contributed by atoms with Crippen molar-refractivity contribution in [2.24, 2.45) is 0 Å². The Hall–Kier alpha value is -5.21. The average molecular weight is 796 g/mol. The van der Waals surface area contributed by atoms with Gasteiger partial charge in [0.05, 0.1) is 25.3 Å². The van der Waals surface area contributed by atoms with Crippen molar-refractivity contribution >= 4 is 17.7 Å². The van der Waals surface area contributed by atoms with Gasteiger partial charge in [-0.25, -0.2) is 4.79 Å². The minimum atomic E-state index is -0.510. The summed E-state index contributed by atoms with van der Waals surface area (Å²) in [5.74, 6) is 3.51. The molecule has 58 heavy (non-hydrogen) atoms. The van der Waals surface area contributed by atoms with E-state index in [-0.39, 0.29) is 37.4 Å². The first kappa shape index (κ1) is 38.3. The molecule has 9 nitrogen and oxygen atoms in total.